The Balaban J connectivity index is 1.84. The summed E-state index contributed by atoms with van der Waals surface area (Å²) in [5.74, 6) is 0.998. The van der Waals surface area contributed by atoms with Crippen molar-refractivity contribution in [2.45, 2.75) is 37.1 Å². The molecule has 0 spiro atoms. The summed E-state index contributed by atoms with van der Waals surface area (Å²) < 4.78 is 10.9. The molecule has 2 heterocycles. The second-order valence-electron chi connectivity index (χ2n) is 3.53. The van der Waals surface area contributed by atoms with Gasteiger partial charge in [-0.15, -0.1) is 0 Å². The number of aromatic nitrogens is 1. The number of aryl methyl sites for hydroxylation is 1. The Kier molecular flexibility index (Phi) is 3.59. The minimum absolute atomic E-state index is 0.434. The monoisotopic (exact) mass is 259 g/mol. The van der Waals surface area contributed by atoms with Gasteiger partial charge in [-0.1, -0.05) is 15.9 Å². The fraction of sp³-hybridized carbons (Fsp3) is 0.700. The van der Waals surface area contributed by atoms with E-state index in [-0.39, 0.29) is 0 Å². The van der Waals surface area contributed by atoms with Gasteiger partial charge in [0.2, 0.25) is 0 Å². The van der Waals surface area contributed by atoms with Crippen LogP contribution in [0.2, 0.25) is 0 Å². The van der Waals surface area contributed by atoms with Gasteiger partial charge in [-0.3, -0.25) is 0 Å². The van der Waals surface area contributed by atoms with Gasteiger partial charge in [0, 0.05) is 18.4 Å². The lowest BCUT2D eigenvalue weighted by Crippen LogP contribution is -2.06. The van der Waals surface area contributed by atoms with Crippen molar-refractivity contribution in [1.82, 2.24) is 4.98 Å². The molecule has 4 heteroatoms. The average molecular weight is 260 g/mol. The molecule has 78 valence electrons. The van der Waals surface area contributed by atoms with Gasteiger partial charge in [0.25, 0.3) is 0 Å². The first-order valence-electron chi connectivity index (χ1n) is 4.99. The van der Waals surface area contributed by atoms with Crippen LogP contribution in [0.25, 0.3) is 0 Å². The van der Waals surface area contributed by atoms with Gasteiger partial charge in [0.1, 0.15) is 5.76 Å². The third-order valence-corrected chi connectivity index (χ3v) is 3.10. The lowest BCUT2D eigenvalue weighted by atomic mass is 10.1. The zero-order valence-corrected chi connectivity index (χ0v) is 9.63. The molecular weight excluding hydrogens is 246 g/mol. The van der Waals surface area contributed by atoms with Crippen LogP contribution >= 0.6 is 15.9 Å². The highest BCUT2D eigenvalue weighted by atomic mass is 79.9. The number of ether oxygens (including phenoxy) is 1. The van der Waals surface area contributed by atoms with Crippen LogP contribution in [0.5, 0.6) is 0 Å². The largest absolute Gasteiger partial charge is 0.448 e. The highest BCUT2D eigenvalue weighted by molar-refractivity contribution is 9.08. The van der Waals surface area contributed by atoms with Crippen molar-refractivity contribution >= 4 is 15.9 Å². The van der Waals surface area contributed by atoms with Crippen molar-refractivity contribution in [2.24, 2.45) is 0 Å². The van der Waals surface area contributed by atoms with E-state index in [0.29, 0.717) is 6.10 Å². The first-order valence-corrected chi connectivity index (χ1v) is 6.11. The highest BCUT2D eigenvalue weighted by Gasteiger charge is 2.17. The molecule has 0 aromatic carbocycles. The smallest absolute Gasteiger partial charge is 0.181 e. The van der Waals surface area contributed by atoms with Crippen LogP contribution < -0.4 is 0 Å². The van der Waals surface area contributed by atoms with Crippen LogP contribution in [-0.2, 0) is 16.5 Å². The minimum Gasteiger partial charge on any atom is -0.448 e. The molecule has 1 aliphatic heterocycles. The van der Waals surface area contributed by atoms with Crippen LogP contribution in [0.15, 0.2) is 10.8 Å². The van der Waals surface area contributed by atoms with Crippen molar-refractivity contribution in [3.8, 4) is 0 Å². The molecule has 3 nitrogen and oxygen atoms in total. The van der Waals surface area contributed by atoms with Crippen molar-refractivity contribution in [2.75, 3.05) is 6.61 Å². The molecule has 0 bridgehead atoms. The Labute approximate surface area is 92.0 Å². The van der Waals surface area contributed by atoms with Crippen molar-refractivity contribution in [3.05, 3.63) is 17.8 Å². The zero-order chi connectivity index (χ0) is 9.80. The SMILES string of the molecule is BrCc1ncoc1CCC1CCCO1. The summed E-state index contributed by atoms with van der Waals surface area (Å²) in [4.78, 5) is 4.13. The van der Waals surface area contributed by atoms with Crippen LogP contribution in [0.4, 0.5) is 0 Å². The number of oxazole rings is 1. The summed E-state index contributed by atoms with van der Waals surface area (Å²) in [6.45, 7) is 0.923. The van der Waals surface area contributed by atoms with Gasteiger partial charge in [0.05, 0.1) is 11.8 Å². The quantitative estimate of drug-likeness (QED) is 0.781. The third-order valence-electron chi connectivity index (χ3n) is 2.57. The molecule has 0 radical (unpaired) electrons. The zero-order valence-electron chi connectivity index (χ0n) is 8.04. The maximum absolute atomic E-state index is 5.55. The Hall–Kier alpha value is -0.350. The fourth-order valence-corrected chi connectivity index (χ4v) is 2.23. The number of nitrogens with zero attached hydrogens (tertiary/aromatic N) is 1. The number of hydrogen-bond acceptors (Lipinski definition) is 3. The summed E-state index contributed by atoms with van der Waals surface area (Å²) >= 11 is 3.39. The molecule has 1 aliphatic rings. The minimum atomic E-state index is 0.434. The van der Waals surface area contributed by atoms with Crippen LogP contribution in [0, 0.1) is 0 Å². The normalized spacial score (nSPS) is 21.6. The number of alkyl halides is 1. The van der Waals surface area contributed by atoms with E-state index in [0.717, 1.165) is 36.2 Å². The van der Waals surface area contributed by atoms with Gasteiger partial charge in [-0.05, 0) is 19.3 Å². The first-order chi connectivity index (χ1) is 6.90. The fourth-order valence-electron chi connectivity index (χ4n) is 1.77. The van der Waals surface area contributed by atoms with E-state index in [1.165, 1.54) is 19.2 Å². The molecule has 1 atom stereocenters. The molecule has 1 saturated heterocycles. The molecule has 1 fully saturated rings. The standard InChI is InChI=1S/C10H14BrNO2/c11-6-9-10(14-7-12-9)4-3-8-2-1-5-13-8/h7-8H,1-6H2. The van der Waals surface area contributed by atoms with E-state index in [2.05, 4.69) is 20.9 Å². The molecule has 0 saturated carbocycles. The molecule has 14 heavy (non-hydrogen) atoms. The van der Waals surface area contributed by atoms with E-state index in [1.807, 2.05) is 0 Å². The molecule has 1 aromatic rings. The predicted molar refractivity (Wildman–Crippen MR) is 56.4 cm³/mol. The highest BCUT2D eigenvalue weighted by Crippen LogP contribution is 2.19. The number of hydrogen-bond donors (Lipinski definition) is 0. The average Bonchev–Trinajstić information content (AvgIpc) is 2.85. The Morgan fingerprint density at radius 3 is 3.21 bits per heavy atom. The van der Waals surface area contributed by atoms with Crippen molar-refractivity contribution in [3.63, 3.8) is 0 Å². The summed E-state index contributed by atoms with van der Waals surface area (Å²) in [5, 5.41) is 0.768. The van der Waals surface area contributed by atoms with E-state index >= 15 is 0 Å². The summed E-state index contributed by atoms with van der Waals surface area (Å²) in [6, 6.07) is 0. The first kappa shape index (κ1) is 10.2. The summed E-state index contributed by atoms with van der Waals surface area (Å²) in [7, 11) is 0. The van der Waals surface area contributed by atoms with E-state index < -0.39 is 0 Å². The van der Waals surface area contributed by atoms with Gasteiger partial charge in [-0.25, -0.2) is 4.98 Å². The van der Waals surface area contributed by atoms with Crippen molar-refractivity contribution < 1.29 is 9.15 Å². The lowest BCUT2D eigenvalue weighted by molar-refractivity contribution is 0.103. The molecule has 2 rings (SSSR count). The summed E-state index contributed by atoms with van der Waals surface area (Å²) in [5.41, 5.74) is 1.02. The predicted octanol–water partition coefficient (Wildman–Crippen LogP) is 2.68. The molecular formula is C10H14BrNO2. The maximum Gasteiger partial charge on any atom is 0.181 e. The van der Waals surface area contributed by atoms with Crippen LogP contribution in [-0.4, -0.2) is 17.7 Å². The van der Waals surface area contributed by atoms with Crippen molar-refractivity contribution in [1.29, 1.82) is 0 Å². The Morgan fingerprint density at radius 2 is 2.50 bits per heavy atom. The van der Waals surface area contributed by atoms with Crippen LogP contribution in [0.3, 0.4) is 0 Å². The molecule has 0 amide bonds. The van der Waals surface area contributed by atoms with E-state index in [9.17, 15) is 0 Å². The molecule has 0 aliphatic carbocycles. The van der Waals surface area contributed by atoms with E-state index in [4.69, 9.17) is 9.15 Å². The van der Waals surface area contributed by atoms with Gasteiger partial charge >= 0.3 is 0 Å². The second-order valence-corrected chi connectivity index (χ2v) is 4.09. The van der Waals surface area contributed by atoms with Gasteiger partial charge < -0.3 is 9.15 Å². The van der Waals surface area contributed by atoms with E-state index in [1.54, 1.807) is 0 Å². The van der Waals surface area contributed by atoms with Crippen LogP contribution in [0.1, 0.15) is 30.7 Å². The molecule has 0 N–H and O–H groups in total. The summed E-state index contributed by atoms with van der Waals surface area (Å²) in [6.07, 6.45) is 6.33. The Bertz CT molecular complexity index is 281. The molecule has 1 unspecified atom stereocenters. The lowest BCUT2D eigenvalue weighted by Gasteiger charge is -2.07. The van der Waals surface area contributed by atoms with Gasteiger partial charge in [-0.2, -0.15) is 0 Å². The topological polar surface area (TPSA) is 35.3 Å². The number of halogens is 1. The Morgan fingerprint density at radius 1 is 1.57 bits per heavy atom. The second kappa shape index (κ2) is 4.94. The maximum atomic E-state index is 5.55. The molecule has 1 aromatic heterocycles. The third kappa shape index (κ3) is 2.36. The van der Waals surface area contributed by atoms with Gasteiger partial charge in [0.15, 0.2) is 6.39 Å². The number of rotatable bonds is 4.